The lowest BCUT2D eigenvalue weighted by Crippen LogP contribution is -2.33. The van der Waals surface area contributed by atoms with Gasteiger partial charge in [0.15, 0.2) is 11.6 Å². The highest BCUT2D eigenvalue weighted by atomic mass is 16.3. The van der Waals surface area contributed by atoms with Gasteiger partial charge in [0.25, 0.3) is 0 Å². The van der Waals surface area contributed by atoms with Gasteiger partial charge in [0.2, 0.25) is 5.95 Å². The van der Waals surface area contributed by atoms with Crippen LogP contribution in [-0.4, -0.2) is 15.0 Å². The Morgan fingerprint density at radius 1 is 0.264 bits per heavy atom. The second kappa shape index (κ2) is 33.9. The summed E-state index contributed by atoms with van der Waals surface area (Å²) in [4.78, 5) is 19.7. The van der Waals surface area contributed by atoms with E-state index in [1.165, 1.54) is 226 Å². The highest BCUT2D eigenvalue weighted by molar-refractivity contribution is 6.21. The SMILES string of the molecule is CCCCCCCC1(CCCCCCC)c2cc(N(c3ccc4c(c3)C(c3ccccc3)(c3ccccc3)c3cc5c(cc3-4)C(c3ccccc3)(c3ccccc3)c3ccc4oc6ccccc6c4c3-5)c3nc(-c4ccccc4)nc(-c4ccccc4)n3)ccc2-c2c1c1c(c3c2oc2ccccc23)-c2ccccc2C1(CCCCCCC)CCCCCCC. The Balaban J connectivity index is 0.865. The van der Waals surface area contributed by atoms with Crippen molar-refractivity contribution in [2.45, 2.75) is 203 Å². The van der Waals surface area contributed by atoms with Gasteiger partial charge >= 0.3 is 0 Å². The van der Waals surface area contributed by atoms with Crippen molar-refractivity contribution in [2.24, 2.45) is 0 Å². The third-order valence-electron chi connectivity index (χ3n) is 29.2. The van der Waals surface area contributed by atoms with Crippen molar-refractivity contribution in [1.29, 1.82) is 0 Å². The van der Waals surface area contributed by atoms with Crippen molar-refractivity contribution in [3.63, 3.8) is 0 Å². The van der Waals surface area contributed by atoms with E-state index < -0.39 is 16.2 Å². The van der Waals surface area contributed by atoms with Gasteiger partial charge in [-0.2, -0.15) is 9.97 Å². The highest BCUT2D eigenvalue weighted by Crippen LogP contribution is 2.70. The molecule has 0 radical (unpaired) electrons. The predicted molar refractivity (Wildman–Crippen MR) is 520 cm³/mol. The van der Waals surface area contributed by atoms with E-state index in [0.717, 1.165) is 94.1 Å². The van der Waals surface area contributed by atoms with Crippen molar-refractivity contribution in [3.05, 3.63) is 382 Å². The quantitative estimate of drug-likeness (QED) is 0.0382. The second-order valence-corrected chi connectivity index (χ2v) is 36.3. The normalized spacial score (nSPS) is 14.3. The summed E-state index contributed by atoms with van der Waals surface area (Å²) in [6.45, 7) is 9.46. The van der Waals surface area contributed by atoms with Gasteiger partial charge in [0.05, 0.1) is 10.8 Å². The minimum Gasteiger partial charge on any atom is -0.456 e. The van der Waals surface area contributed by atoms with Gasteiger partial charge in [-0.3, -0.25) is 4.90 Å². The van der Waals surface area contributed by atoms with E-state index in [1.54, 1.807) is 11.1 Å². The number of anilines is 3. The molecule has 3 heterocycles. The van der Waals surface area contributed by atoms with Crippen molar-refractivity contribution in [2.75, 3.05) is 4.90 Å². The Morgan fingerprint density at radius 3 is 1.18 bits per heavy atom. The summed E-state index contributed by atoms with van der Waals surface area (Å²) in [6.07, 6.45) is 28.5. The van der Waals surface area contributed by atoms with Crippen LogP contribution in [0.4, 0.5) is 17.3 Å². The average Bonchev–Trinajstić information content (AvgIpc) is 1.50. The van der Waals surface area contributed by atoms with Gasteiger partial charge in [-0.15, -0.1) is 0 Å². The van der Waals surface area contributed by atoms with Gasteiger partial charge in [-0.25, -0.2) is 4.98 Å². The molecule has 0 saturated heterocycles. The zero-order valence-corrected chi connectivity index (χ0v) is 73.1. The minimum atomic E-state index is -0.886. The lowest BCUT2D eigenvalue weighted by Gasteiger charge is -2.40. The van der Waals surface area contributed by atoms with Crippen molar-refractivity contribution in [3.8, 4) is 67.3 Å². The molecule has 0 amide bonds. The van der Waals surface area contributed by atoms with E-state index in [1.807, 2.05) is 0 Å². The van der Waals surface area contributed by atoms with Crippen LogP contribution in [-0.2, 0) is 21.7 Å². The standard InChI is InChI=1S/C119H112N4O2/c1-5-9-13-17-45-73-116(74-46-18-14-10-6-2)96-64-42-39-61-90(96)107-108-93-63-41-44-66-103(93)125-112(108)109-91-70-68-87(77-98(91)117(111(109)110(107)116,75-47-19-15-11-7-3)76-48-20-16-12-8-4)123(115-121-113(81-49-27-21-28-50-81)120-114(122-115)82-51-29-22-30-52-82)88-67-69-89-94-79-101-95(80-100(94)119(99(89)78-88,85-57-35-25-36-58-85)86-59-37-26-38-60-86)105-97(71-72-104-106(105)92-62-40-43-65-102(92)124-104)118(101,83-53-31-23-32-54-83)84-55-33-24-34-56-84/h21-44,49-72,77-80H,5-20,45-48,73-76H2,1-4H3. The fourth-order valence-corrected chi connectivity index (χ4v) is 23.7. The number of aromatic nitrogens is 3. The summed E-state index contributed by atoms with van der Waals surface area (Å²) in [5.74, 6) is 1.76. The molecule has 6 nitrogen and oxygen atoms in total. The molecule has 0 saturated carbocycles. The first kappa shape index (κ1) is 79.7. The van der Waals surface area contributed by atoms with Crippen LogP contribution in [0.25, 0.3) is 111 Å². The first-order chi connectivity index (χ1) is 61.9. The maximum atomic E-state index is 7.80. The topological polar surface area (TPSA) is 68.2 Å². The van der Waals surface area contributed by atoms with Crippen LogP contribution >= 0.6 is 0 Å². The molecule has 0 aliphatic heterocycles. The number of fused-ring (bicyclic) bond motifs is 22. The van der Waals surface area contributed by atoms with Crippen LogP contribution in [0.3, 0.4) is 0 Å². The van der Waals surface area contributed by atoms with Crippen LogP contribution in [0, 0.1) is 0 Å². The number of rotatable bonds is 33. The van der Waals surface area contributed by atoms with Gasteiger partial charge in [0.1, 0.15) is 22.3 Å². The van der Waals surface area contributed by atoms with Crippen LogP contribution < -0.4 is 4.90 Å². The molecular weight excluding hydrogens is 1520 g/mol. The largest absolute Gasteiger partial charge is 0.456 e. The van der Waals surface area contributed by atoms with Crippen LogP contribution in [0.5, 0.6) is 0 Å². The maximum absolute atomic E-state index is 7.80. The van der Waals surface area contributed by atoms with Crippen molar-refractivity contribution < 1.29 is 8.83 Å². The number of para-hydroxylation sites is 2. The molecule has 0 unspecified atom stereocenters. The molecule has 0 N–H and O–H groups in total. The summed E-state index contributed by atoms with van der Waals surface area (Å²) < 4.78 is 14.8. The first-order valence-electron chi connectivity index (χ1n) is 47.3. The van der Waals surface area contributed by atoms with Crippen LogP contribution in [0.1, 0.15) is 249 Å². The molecule has 0 atom stereocenters. The van der Waals surface area contributed by atoms with Gasteiger partial charge in [0, 0.05) is 60.4 Å². The molecule has 4 aliphatic carbocycles. The van der Waals surface area contributed by atoms with E-state index in [4.69, 9.17) is 23.8 Å². The fourth-order valence-electron chi connectivity index (χ4n) is 23.7. The molecule has 0 spiro atoms. The summed E-state index contributed by atoms with van der Waals surface area (Å²) in [6, 6.07) is 119. The van der Waals surface area contributed by atoms with E-state index >= 15 is 0 Å². The summed E-state index contributed by atoms with van der Waals surface area (Å²) >= 11 is 0. The monoisotopic (exact) mass is 1630 g/mol. The molecule has 0 fully saturated rings. The Bertz CT molecular complexity index is 6640. The van der Waals surface area contributed by atoms with Crippen molar-refractivity contribution >= 4 is 61.2 Å². The number of hydrogen-bond acceptors (Lipinski definition) is 6. The number of unbranched alkanes of at least 4 members (excludes halogenated alkanes) is 16. The third-order valence-corrected chi connectivity index (χ3v) is 29.2. The summed E-state index contributed by atoms with van der Waals surface area (Å²) in [5.41, 5.74) is 31.3. The number of furan rings is 2. The number of benzene rings is 14. The smallest absolute Gasteiger partial charge is 0.238 e. The Labute approximate surface area is 738 Å². The molecule has 6 heteroatoms. The van der Waals surface area contributed by atoms with Crippen LogP contribution in [0.15, 0.2) is 324 Å². The molecule has 125 heavy (non-hydrogen) atoms. The van der Waals surface area contributed by atoms with E-state index in [9.17, 15) is 0 Å². The van der Waals surface area contributed by atoms with Gasteiger partial charge in [-0.05, 0) is 186 Å². The third kappa shape index (κ3) is 13.1. The number of nitrogens with zero attached hydrogens (tertiary/aromatic N) is 4. The summed E-state index contributed by atoms with van der Waals surface area (Å²) in [7, 11) is 0. The molecular formula is C119H112N4O2. The Kier molecular flexibility index (Phi) is 21.6. The fraction of sp³-hybridized carbons (Fsp3) is 0.269. The van der Waals surface area contributed by atoms with E-state index in [0.29, 0.717) is 17.6 Å². The average molecular weight is 1630 g/mol. The molecule has 17 aromatic rings. The lowest BCUT2D eigenvalue weighted by molar-refractivity contribution is 0.369. The molecule has 620 valence electrons. The minimum absolute atomic E-state index is 0.236. The molecule has 3 aromatic heterocycles. The molecule has 4 aliphatic rings. The summed E-state index contributed by atoms with van der Waals surface area (Å²) in [5, 5.41) is 4.74. The zero-order valence-electron chi connectivity index (χ0n) is 73.1. The van der Waals surface area contributed by atoms with Gasteiger partial charge < -0.3 is 8.83 Å². The van der Waals surface area contributed by atoms with E-state index in [2.05, 4.69) is 348 Å². The number of hydrogen-bond donors (Lipinski definition) is 0. The predicted octanol–water partition coefficient (Wildman–Crippen LogP) is 33.2. The van der Waals surface area contributed by atoms with Gasteiger partial charge in [-0.1, -0.05) is 417 Å². The van der Waals surface area contributed by atoms with Crippen molar-refractivity contribution in [1.82, 2.24) is 15.0 Å². The van der Waals surface area contributed by atoms with E-state index in [-0.39, 0.29) is 5.41 Å². The van der Waals surface area contributed by atoms with Crippen LogP contribution in [0.2, 0.25) is 0 Å². The highest BCUT2D eigenvalue weighted by Gasteiger charge is 2.56. The molecule has 21 rings (SSSR count). The Morgan fingerprint density at radius 2 is 0.656 bits per heavy atom. The first-order valence-corrected chi connectivity index (χ1v) is 47.3. The lowest BCUT2D eigenvalue weighted by atomic mass is 9.62. The molecule has 0 bridgehead atoms. The molecule has 14 aromatic carbocycles. The Hall–Kier alpha value is -12.5. The second-order valence-electron chi connectivity index (χ2n) is 36.3. The zero-order chi connectivity index (χ0) is 84.1. The maximum Gasteiger partial charge on any atom is 0.238 e.